The fourth-order valence-corrected chi connectivity index (χ4v) is 5.25. The molecule has 0 saturated heterocycles. The largest absolute Gasteiger partial charge is 0.496 e. The van der Waals surface area contributed by atoms with Crippen molar-refractivity contribution in [2.24, 2.45) is 0 Å². The summed E-state index contributed by atoms with van der Waals surface area (Å²) in [6, 6.07) is 12.1. The summed E-state index contributed by atoms with van der Waals surface area (Å²) in [6.45, 7) is 1.97. The highest BCUT2D eigenvalue weighted by Crippen LogP contribution is 2.38. The fourth-order valence-electron chi connectivity index (χ4n) is 3.57. The number of thioether (sulfide) groups is 1. The van der Waals surface area contributed by atoms with E-state index >= 15 is 0 Å². The van der Waals surface area contributed by atoms with Crippen LogP contribution in [0.2, 0.25) is 0 Å². The molecule has 1 aliphatic carbocycles. The van der Waals surface area contributed by atoms with Crippen molar-refractivity contribution >= 4 is 29.0 Å². The van der Waals surface area contributed by atoms with Crippen LogP contribution in [0.15, 0.2) is 41.4 Å². The normalized spacial score (nSPS) is 14.1. The number of methoxy groups -OCH3 is 1. The van der Waals surface area contributed by atoms with Crippen molar-refractivity contribution in [3.8, 4) is 26.9 Å². The predicted octanol–water partition coefficient (Wildman–Crippen LogP) is 4.74. The molecule has 4 rings (SSSR count). The Kier molecular flexibility index (Phi) is 6.64. The maximum atomic E-state index is 12.1. The van der Waals surface area contributed by atoms with Crippen molar-refractivity contribution in [2.45, 2.75) is 43.7 Å². The number of nitrogens with one attached hydrogen (secondary N) is 1. The standard InChI is InChI=1S/C22H24N4O2S2/c1-14-21(30-22(23-14)16-9-5-6-10-18(16)28-2)17-11-12-20(26-25-17)29-13-19(27)24-15-7-3-4-8-15/h5-6,9-12,15H,3-4,7-8,13H2,1-2H3,(H,24,27). The Morgan fingerprint density at radius 1 is 1.20 bits per heavy atom. The first-order valence-electron chi connectivity index (χ1n) is 10.0. The molecule has 1 saturated carbocycles. The number of hydrogen-bond donors (Lipinski definition) is 1. The van der Waals surface area contributed by atoms with E-state index in [0.29, 0.717) is 11.8 Å². The molecule has 30 heavy (non-hydrogen) atoms. The van der Waals surface area contributed by atoms with Gasteiger partial charge in [-0.3, -0.25) is 4.79 Å². The van der Waals surface area contributed by atoms with Gasteiger partial charge in [-0.15, -0.1) is 21.5 Å². The van der Waals surface area contributed by atoms with E-state index in [4.69, 9.17) is 9.72 Å². The van der Waals surface area contributed by atoms with Crippen LogP contribution >= 0.6 is 23.1 Å². The van der Waals surface area contributed by atoms with E-state index in [-0.39, 0.29) is 5.91 Å². The van der Waals surface area contributed by atoms with Crippen LogP contribution in [0.3, 0.4) is 0 Å². The highest BCUT2D eigenvalue weighted by Gasteiger charge is 2.18. The second kappa shape index (κ2) is 9.57. The molecule has 1 fully saturated rings. The fraction of sp³-hybridized carbons (Fsp3) is 0.364. The molecule has 0 bridgehead atoms. The topological polar surface area (TPSA) is 77.0 Å². The van der Waals surface area contributed by atoms with E-state index in [2.05, 4.69) is 15.5 Å². The van der Waals surface area contributed by atoms with Crippen LogP contribution in [0.5, 0.6) is 5.75 Å². The third-order valence-electron chi connectivity index (χ3n) is 5.08. The Hall–Kier alpha value is -2.45. The Bertz CT molecular complexity index is 1010. The minimum absolute atomic E-state index is 0.0672. The number of aryl methyl sites for hydroxylation is 1. The van der Waals surface area contributed by atoms with Crippen molar-refractivity contribution in [3.05, 3.63) is 42.1 Å². The van der Waals surface area contributed by atoms with Gasteiger partial charge < -0.3 is 10.1 Å². The van der Waals surface area contributed by atoms with Gasteiger partial charge in [-0.05, 0) is 44.0 Å². The first kappa shape index (κ1) is 20.8. The van der Waals surface area contributed by atoms with E-state index < -0.39 is 0 Å². The highest BCUT2D eigenvalue weighted by atomic mass is 32.2. The van der Waals surface area contributed by atoms with Crippen LogP contribution in [0.4, 0.5) is 0 Å². The number of ether oxygens (including phenoxy) is 1. The molecule has 0 aliphatic heterocycles. The summed E-state index contributed by atoms with van der Waals surface area (Å²) >= 11 is 2.99. The molecular formula is C22H24N4O2S2. The minimum atomic E-state index is 0.0672. The van der Waals surface area contributed by atoms with Gasteiger partial charge in [0.1, 0.15) is 21.5 Å². The Labute approximate surface area is 184 Å². The molecule has 8 heteroatoms. The summed E-state index contributed by atoms with van der Waals surface area (Å²) in [5, 5.41) is 13.4. The molecule has 1 N–H and O–H groups in total. The first-order valence-corrected chi connectivity index (χ1v) is 11.8. The van der Waals surface area contributed by atoms with Crippen molar-refractivity contribution in [1.29, 1.82) is 0 Å². The van der Waals surface area contributed by atoms with Crippen LogP contribution < -0.4 is 10.1 Å². The van der Waals surface area contributed by atoms with Crippen molar-refractivity contribution in [1.82, 2.24) is 20.5 Å². The summed E-state index contributed by atoms with van der Waals surface area (Å²) in [5.41, 5.74) is 2.66. The zero-order chi connectivity index (χ0) is 20.9. The summed E-state index contributed by atoms with van der Waals surface area (Å²) in [5.74, 6) is 1.23. The Morgan fingerprint density at radius 2 is 2.00 bits per heavy atom. The molecule has 0 radical (unpaired) electrons. The molecule has 1 amide bonds. The molecule has 2 aromatic heterocycles. The van der Waals surface area contributed by atoms with Crippen LogP contribution in [0, 0.1) is 6.92 Å². The van der Waals surface area contributed by atoms with Crippen LogP contribution in [-0.2, 0) is 4.79 Å². The van der Waals surface area contributed by atoms with Gasteiger partial charge in [0.2, 0.25) is 5.91 Å². The average Bonchev–Trinajstić information content (AvgIpc) is 3.42. The number of benzene rings is 1. The molecule has 2 heterocycles. The summed E-state index contributed by atoms with van der Waals surface area (Å²) in [7, 11) is 1.66. The lowest BCUT2D eigenvalue weighted by Gasteiger charge is -2.11. The zero-order valence-corrected chi connectivity index (χ0v) is 18.7. The van der Waals surface area contributed by atoms with Gasteiger partial charge in [-0.25, -0.2) is 4.98 Å². The molecule has 3 aromatic rings. The number of aromatic nitrogens is 3. The zero-order valence-electron chi connectivity index (χ0n) is 17.1. The van der Waals surface area contributed by atoms with Crippen LogP contribution in [-0.4, -0.2) is 40.0 Å². The van der Waals surface area contributed by atoms with Gasteiger partial charge in [0.25, 0.3) is 0 Å². The molecule has 0 unspecified atom stereocenters. The minimum Gasteiger partial charge on any atom is -0.496 e. The van der Waals surface area contributed by atoms with Crippen molar-refractivity contribution < 1.29 is 9.53 Å². The van der Waals surface area contributed by atoms with E-state index in [1.165, 1.54) is 24.6 Å². The molecule has 1 aliphatic rings. The summed E-state index contributed by atoms with van der Waals surface area (Å²) in [6.07, 6.45) is 4.60. The first-order chi connectivity index (χ1) is 14.6. The molecular weight excluding hydrogens is 416 g/mol. The monoisotopic (exact) mass is 440 g/mol. The smallest absolute Gasteiger partial charge is 0.230 e. The molecule has 6 nitrogen and oxygen atoms in total. The third-order valence-corrected chi connectivity index (χ3v) is 7.21. The molecule has 1 aromatic carbocycles. The number of thiazole rings is 1. The lowest BCUT2D eigenvalue weighted by Crippen LogP contribution is -2.33. The number of para-hydroxylation sites is 1. The van der Waals surface area contributed by atoms with Gasteiger partial charge in [0.05, 0.1) is 29.0 Å². The summed E-state index contributed by atoms with van der Waals surface area (Å²) in [4.78, 5) is 17.8. The lowest BCUT2D eigenvalue weighted by atomic mass is 10.2. The van der Waals surface area contributed by atoms with Gasteiger partial charge in [-0.1, -0.05) is 36.7 Å². The van der Waals surface area contributed by atoms with Crippen LogP contribution in [0.1, 0.15) is 31.4 Å². The SMILES string of the molecule is COc1ccccc1-c1nc(C)c(-c2ccc(SCC(=O)NC3CCCC3)nn2)s1. The number of nitrogens with zero attached hydrogens (tertiary/aromatic N) is 3. The maximum absolute atomic E-state index is 12.1. The Balaban J connectivity index is 1.42. The average molecular weight is 441 g/mol. The van der Waals surface area contributed by atoms with E-state index in [9.17, 15) is 4.79 Å². The van der Waals surface area contributed by atoms with E-state index in [1.807, 2.05) is 43.3 Å². The van der Waals surface area contributed by atoms with E-state index in [1.54, 1.807) is 18.4 Å². The number of hydrogen-bond acceptors (Lipinski definition) is 7. The number of amides is 1. The number of carbonyl (C=O) groups excluding carboxylic acids is 1. The van der Waals surface area contributed by atoms with E-state index in [0.717, 1.165) is 50.5 Å². The number of rotatable bonds is 7. The molecule has 0 spiro atoms. The van der Waals surface area contributed by atoms with Crippen molar-refractivity contribution in [3.63, 3.8) is 0 Å². The second-order valence-electron chi connectivity index (χ2n) is 7.23. The van der Waals surface area contributed by atoms with Gasteiger partial charge in [-0.2, -0.15) is 0 Å². The van der Waals surface area contributed by atoms with Gasteiger partial charge in [0, 0.05) is 6.04 Å². The molecule has 156 valence electrons. The maximum Gasteiger partial charge on any atom is 0.230 e. The summed E-state index contributed by atoms with van der Waals surface area (Å²) < 4.78 is 5.46. The predicted molar refractivity (Wildman–Crippen MR) is 121 cm³/mol. The Morgan fingerprint density at radius 3 is 2.73 bits per heavy atom. The highest BCUT2D eigenvalue weighted by molar-refractivity contribution is 7.99. The molecule has 0 atom stereocenters. The third kappa shape index (κ3) is 4.82. The second-order valence-corrected chi connectivity index (χ2v) is 9.22. The van der Waals surface area contributed by atoms with Crippen molar-refractivity contribution in [2.75, 3.05) is 12.9 Å². The van der Waals surface area contributed by atoms with Gasteiger partial charge in [0.15, 0.2) is 0 Å². The lowest BCUT2D eigenvalue weighted by molar-refractivity contribution is -0.119. The quantitative estimate of drug-likeness (QED) is 0.535. The number of carbonyl (C=O) groups is 1. The van der Waals surface area contributed by atoms with Gasteiger partial charge >= 0.3 is 0 Å². The van der Waals surface area contributed by atoms with Crippen LogP contribution in [0.25, 0.3) is 21.1 Å².